The van der Waals surface area contributed by atoms with Crippen molar-refractivity contribution in [3.05, 3.63) is 53.9 Å². The topological polar surface area (TPSA) is 100 Å². The second-order valence-corrected chi connectivity index (χ2v) is 10.5. The second kappa shape index (κ2) is 10.1. The van der Waals surface area contributed by atoms with Gasteiger partial charge in [-0.3, -0.25) is 14.1 Å². The monoisotopic (exact) mass is 467 g/mol. The summed E-state index contributed by atoms with van der Waals surface area (Å²) in [6.45, 7) is 4.16. The number of carbonyl (C=O) groups excluding carboxylic acids is 1. The number of amides is 1. The Labute approximate surface area is 195 Å². The van der Waals surface area contributed by atoms with Crippen LogP contribution in [0.3, 0.4) is 0 Å². The van der Waals surface area contributed by atoms with Gasteiger partial charge in [0.25, 0.3) is 5.91 Å². The molecular weight excluding hydrogens is 438 g/mol. The van der Waals surface area contributed by atoms with E-state index in [1.54, 1.807) is 12.3 Å². The molecule has 8 nitrogen and oxygen atoms in total. The van der Waals surface area contributed by atoms with E-state index >= 15 is 0 Å². The number of hydrogen-bond donors (Lipinski definition) is 2. The maximum atomic E-state index is 13.1. The van der Waals surface area contributed by atoms with Crippen LogP contribution in [0.15, 0.2) is 47.6 Å². The fraction of sp³-hybridized carbons (Fsp3) is 0.458. The minimum atomic E-state index is -1.01. The number of nitrogens with zero attached hydrogens (tertiary/aromatic N) is 3. The molecule has 5 rings (SSSR count). The summed E-state index contributed by atoms with van der Waals surface area (Å²) < 4.78 is 18.6. The third-order valence-electron chi connectivity index (χ3n) is 6.65. The second-order valence-electron chi connectivity index (χ2n) is 8.73. The molecule has 2 aromatic heterocycles. The standard InChI is InChI=1S/C24H29N5O3S/c30-24(19-13-18-16-27-28-23(18)25-15-19)26-14-17-1-3-21(4-2-17)33(31)22-5-9-29(10-6-22)20-7-11-32-12-8-20/h1-4,13,15-16,20,22H,5-12,14H2,(H,26,30)(H,25,27,28). The van der Waals surface area contributed by atoms with Crippen molar-refractivity contribution >= 4 is 27.7 Å². The minimum Gasteiger partial charge on any atom is -0.381 e. The Hall–Kier alpha value is -2.62. The van der Waals surface area contributed by atoms with Crippen molar-refractivity contribution in [3.63, 3.8) is 0 Å². The quantitative estimate of drug-likeness (QED) is 0.578. The van der Waals surface area contributed by atoms with Crippen LogP contribution >= 0.6 is 0 Å². The Bertz CT molecular complexity index is 1120. The van der Waals surface area contributed by atoms with Crippen molar-refractivity contribution in [3.8, 4) is 0 Å². The summed E-state index contributed by atoms with van der Waals surface area (Å²) in [5.74, 6) is -0.186. The molecule has 2 N–H and O–H groups in total. The van der Waals surface area contributed by atoms with Crippen molar-refractivity contribution in [2.45, 2.75) is 48.4 Å². The van der Waals surface area contributed by atoms with E-state index in [1.165, 1.54) is 6.20 Å². The fourth-order valence-electron chi connectivity index (χ4n) is 4.68. The predicted octanol–water partition coefficient (Wildman–Crippen LogP) is 2.64. The van der Waals surface area contributed by atoms with Crippen LogP contribution in [0.25, 0.3) is 11.0 Å². The number of H-pyrrole nitrogens is 1. The van der Waals surface area contributed by atoms with Gasteiger partial charge >= 0.3 is 0 Å². The molecule has 1 amide bonds. The van der Waals surface area contributed by atoms with Gasteiger partial charge in [0, 0.05) is 47.5 Å². The summed E-state index contributed by atoms with van der Waals surface area (Å²) in [7, 11) is -1.01. The number of benzene rings is 1. The van der Waals surface area contributed by atoms with E-state index < -0.39 is 10.8 Å². The van der Waals surface area contributed by atoms with Crippen LogP contribution in [0, 0.1) is 0 Å². The van der Waals surface area contributed by atoms with E-state index in [0.29, 0.717) is 23.8 Å². The molecular formula is C24H29N5O3S. The van der Waals surface area contributed by atoms with Gasteiger partial charge in [-0.1, -0.05) is 12.1 Å². The molecule has 0 saturated carbocycles. The Morgan fingerprint density at radius 3 is 2.64 bits per heavy atom. The number of carbonyl (C=O) groups is 1. The van der Waals surface area contributed by atoms with Gasteiger partial charge < -0.3 is 15.0 Å². The molecule has 174 valence electrons. The van der Waals surface area contributed by atoms with Gasteiger partial charge in [0.1, 0.15) is 0 Å². The highest BCUT2D eigenvalue weighted by atomic mass is 32.2. The number of hydrogen-bond acceptors (Lipinski definition) is 6. The third-order valence-corrected chi connectivity index (χ3v) is 8.46. The maximum Gasteiger partial charge on any atom is 0.253 e. The van der Waals surface area contributed by atoms with E-state index in [0.717, 1.165) is 67.8 Å². The molecule has 1 atom stereocenters. The molecule has 0 spiro atoms. The van der Waals surface area contributed by atoms with Crippen molar-refractivity contribution in [2.75, 3.05) is 26.3 Å². The molecule has 2 fully saturated rings. The van der Waals surface area contributed by atoms with E-state index in [-0.39, 0.29) is 11.2 Å². The first-order valence-electron chi connectivity index (χ1n) is 11.6. The van der Waals surface area contributed by atoms with Crippen molar-refractivity contribution in [1.29, 1.82) is 0 Å². The summed E-state index contributed by atoms with van der Waals surface area (Å²) in [6, 6.07) is 10.1. The molecule has 4 heterocycles. The first-order valence-corrected chi connectivity index (χ1v) is 12.8. The van der Waals surface area contributed by atoms with E-state index in [9.17, 15) is 9.00 Å². The highest BCUT2D eigenvalue weighted by Gasteiger charge is 2.29. The first-order chi connectivity index (χ1) is 16.2. The van der Waals surface area contributed by atoms with Gasteiger partial charge in [0.2, 0.25) is 0 Å². The zero-order valence-corrected chi connectivity index (χ0v) is 19.4. The fourth-order valence-corrected chi connectivity index (χ4v) is 6.11. The molecule has 3 aromatic rings. The molecule has 9 heteroatoms. The number of piperidine rings is 1. The smallest absolute Gasteiger partial charge is 0.253 e. The Balaban J connectivity index is 1.12. The van der Waals surface area contributed by atoms with Crippen molar-refractivity contribution in [2.24, 2.45) is 0 Å². The summed E-state index contributed by atoms with van der Waals surface area (Å²) in [4.78, 5) is 20.1. The van der Waals surface area contributed by atoms with Gasteiger partial charge in [0.05, 0.1) is 22.6 Å². The third kappa shape index (κ3) is 5.15. The summed E-state index contributed by atoms with van der Waals surface area (Å²) >= 11 is 0. The van der Waals surface area contributed by atoms with Gasteiger partial charge in [-0.15, -0.1) is 0 Å². The van der Waals surface area contributed by atoms with E-state index in [4.69, 9.17) is 4.74 Å². The molecule has 33 heavy (non-hydrogen) atoms. The summed E-state index contributed by atoms with van der Waals surface area (Å²) in [5, 5.41) is 10.6. The molecule has 0 aliphatic carbocycles. The normalized spacial score (nSPS) is 19.5. The summed E-state index contributed by atoms with van der Waals surface area (Å²) in [6.07, 6.45) is 7.34. The van der Waals surface area contributed by atoms with E-state index in [2.05, 4.69) is 25.4 Å². The highest BCUT2D eigenvalue weighted by Crippen LogP contribution is 2.25. The molecule has 2 aliphatic rings. The van der Waals surface area contributed by atoms with Crippen LogP contribution in [0.1, 0.15) is 41.6 Å². The van der Waals surface area contributed by atoms with Gasteiger partial charge in [-0.2, -0.15) is 5.10 Å². The number of nitrogens with one attached hydrogen (secondary N) is 2. The number of aromatic amines is 1. The lowest BCUT2D eigenvalue weighted by Gasteiger charge is -2.38. The Morgan fingerprint density at radius 2 is 1.88 bits per heavy atom. The molecule has 2 saturated heterocycles. The number of aromatic nitrogens is 3. The molecule has 0 radical (unpaired) electrons. The van der Waals surface area contributed by atoms with Crippen LogP contribution in [0.2, 0.25) is 0 Å². The minimum absolute atomic E-state index is 0.186. The van der Waals surface area contributed by atoms with Crippen LogP contribution in [-0.2, 0) is 22.1 Å². The van der Waals surface area contributed by atoms with Gasteiger partial charge in [-0.05, 0) is 62.5 Å². The molecule has 1 unspecified atom stereocenters. The van der Waals surface area contributed by atoms with Crippen LogP contribution < -0.4 is 5.32 Å². The molecule has 2 aliphatic heterocycles. The van der Waals surface area contributed by atoms with E-state index in [1.807, 2.05) is 24.3 Å². The summed E-state index contributed by atoms with van der Waals surface area (Å²) in [5.41, 5.74) is 2.12. The van der Waals surface area contributed by atoms with Gasteiger partial charge in [-0.25, -0.2) is 4.98 Å². The average molecular weight is 468 g/mol. The predicted molar refractivity (Wildman–Crippen MR) is 126 cm³/mol. The number of likely N-dealkylation sites (tertiary alicyclic amines) is 1. The zero-order chi connectivity index (χ0) is 22.6. The SMILES string of the molecule is O=C(NCc1ccc(S(=O)C2CCN(C3CCOCC3)CC2)cc1)c1cnc2[nH]ncc2c1. The number of ether oxygens (including phenoxy) is 1. The van der Waals surface area contributed by atoms with Crippen LogP contribution in [0.5, 0.6) is 0 Å². The maximum absolute atomic E-state index is 13.1. The Kier molecular flexibility index (Phi) is 6.80. The van der Waals surface area contributed by atoms with Gasteiger partial charge in [0.15, 0.2) is 5.65 Å². The lowest BCUT2D eigenvalue weighted by molar-refractivity contribution is 0.0278. The van der Waals surface area contributed by atoms with Crippen LogP contribution in [0.4, 0.5) is 0 Å². The zero-order valence-electron chi connectivity index (χ0n) is 18.5. The lowest BCUT2D eigenvalue weighted by Crippen LogP contribution is -2.45. The lowest BCUT2D eigenvalue weighted by atomic mass is 10.0. The number of pyridine rings is 1. The highest BCUT2D eigenvalue weighted by molar-refractivity contribution is 7.85. The van der Waals surface area contributed by atoms with Crippen molar-refractivity contribution in [1.82, 2.24) is 25.4 Å². The molecule has 0 bridgehead atoms. The van der Waals surface area contributed by atoms with Crippen LogP contribution in [-0.4, -0.2) is 67.8 Å². The average Bonchev–Trinajstić information content (AvgIpc) is 3.36. The number of rotatable bonds is 6. The first kappa shape index (κ1) is 22.2. The van der Waals surface area contributed by atoms with Crippen molar-refractivity contribution < 1.29 is 13.7 Å². The molecule has 1 aromatic carbocycles. The largest absolute Gasteiger partial charge is 0.381 e. The number of fused-ring (bicyclic) bond motifs is 1. The Morgan fingerprint density at radius 1 is 1.12 bits per heavy atom.